The van der Waals surface area contributed by atoms with E-state index in [4.69, 9.17) is 5.73 Å². The zero-order valence-corrected chi connectivity index (χ0v) is 9.67. The maximum atomic E-state index is 13.2. The van der Waals surface area contributed by atoms with Gasteiger partial charge in [-0.1, -0.05) is 6.92 Å². The molecule has 0 saturated carbocycles. The maximum Gasteiger partial charge on any atom is 0.261 e. The number of nitrogens with zero attached hydrogens (tertiary/aromatic N) is 1. The van der Waals surface area contributed by atoms with E-state index >= 15 is 0 Å². The lowest BCUT2D eigenvalue weighted by Gasteiger charge is -2.10. The van der Waals surface area contributed by atoms with E-state index in [1.807, 2.05) is 0 Å². The molecule has 90 valence electrons. The second-order valence-electron chi connectivity index (χ2n) is 3.48. The average molecular weight is 247 g/mol. The van der Waals surface area contributed by atoms with Crippen molar-refractivity contribution in [3.05, 3.63) is 24.1 Å². The van der Waals surface area contributed by atoms with Gasteiger partial charge in [0.2, 0.25) is 5.03 Å². The molecule has 0 fully saturated rings. The molecule has 0 aliphatic carbocycles. The monoisotopic (exact) mass is 247 g/mol. The first-order valence-electron chi connectivity index (χ1n) is 4.77. The van der Waals surface area contributed by atoms with Gasteiger partial charge in [-0.2, -0.15) is 0 Å². The second kappa shape index (κ2) is 5.33. The van der Waals surface area contributed by atoms with Gasteiger partial charge < -0.3 is 5.73 Å². The molecular formula is C9H14FN3O2S. The van der Waals surface area contributed by atoms with Crippen molar-refractivity contribution in [3.63, 3.8) is 0 Å². The highest BCUT2D eigenvalue weighted by atomic mass is 32.2. The SMILES string of the molecule is CC(CN)CNS(=O)(=O)c1ncccc1F. The highest BCUT2D eigenvalue weighted by Gasteiger charge is 2.20. The van der Waals surface area contributed by atoms with E-state index in [9.17, 15) is 12.8 Å². The Bertz CT molecular complexity index is 450. The van der Waals surface area contributed by atoms with Crippen molar-refractivity contribution in [2.24, 2.45) is 11.7 Å². The number of nitrogens with one attached hydrogen (secondary N) is 1. The predicted molar refractivity (Wildman–Crippen MR) is 57.6 cm³/mol. The van der Waals surface area contributed by atoms with E-state index in [1.54, 1.807) is 6.92 Å². The van der Waals surface area contributed by atoms with Gasteiger partial charge in [0.05, 0.1) is 0 Å². The number of rotatable bonds is 5. The Morgan fingerprint density at radius 3 is 2.88 bits per heavy atom. The lowest BCUT2D eigenvalue weighted by molar-refractivity contribution is 0.526. The topological polar surface area (TPSA) is 85.1 Å². The van der Waals surface area contributed by atoms with Crippen LogP contribution in [0.4, 0.5) is 4.39 Å². The summed E-state index contributed by atoms with van der Waals surface area (Å²) in [5.41, 5.74) is 5.35. The van der Waals surface area contributed by atoms with Crippen LogP contribution >= 0.6 is 0 Å². The molecule has 0 bridgehead atoms. The van der Waals surface area contributed by atoms with Gasteiger partial charge in [0.15, 0.2) is 5.82 Å². The summed E-state index contributed by atoms with van der Waals surface area (Å²) in [6, 6.07) is 2.38. The number of sulfonamides is 1. The number of aromatic nitrogens is 1. The molecule has 0 spiro atoms. The van der Waals surface area contributed by atoms with E-state index < -0.39 is 20.9 Å². The summed E-state index contributed by atoms with van der Waals surface area (Å²) in [4.78, 5) is 3.50. The molecule has 0 aliphatic rings. The van der Waals surface area contributed by atoms with Gasteiger partial charge in [-0.15, -0.1) is 0 Å². The van der Waals surface area contributed by atoms with Gasteiger partial charge in [-0.25, -0.2) is 22.5 Å². The number of hydrogen-bond acceptors (Lipinski definition) is 4. The highest BCUT2D eigenvalue weighted by Crippen LogP contribution is 2.09. The summed E-state index contributed by atoms with van der Waals surface area (Å²) in [6.07, 6.45) is 1.23. The van der Waals surface area contributed by atoms with Crippen molar-refractivity contribution in [2.75, 3.05) is 13.1 Å². The second-order valence-corrected chi connectivity index (χ2v) is 5.17. The summed E-state index contributed by atoms with van der Waals surface area (Å²) < 4.78 is 38.7. The quantitative estimate of drug-likeness (QED) is 0.772. The zero-order chi connectivity index (χ0) is 12.2. The summed E-state index contributed by atoms with van der Waals surface area (Å²) in [5, 5.41) is -0.584. The Hall–Kier alpha value is -1.05. The molecule has 1 heterocycles. The van der Waals surface area contributed by atoms with Crippen LogP contribution in [-0.4, -0.2) is 26.5 Å². The van der Waals surface area contributed by atoms with Crippen molar-refractivity contribution >= 4 is 10.0 Å². The standard InChI is InChI=1S/C9H14FN3O2S/c1-7(5-11)6-13-16(14,15)9-8(10)3-2-4-12-9/h2-4,7,13H,5-6,11H2,1H3. The molecular weight excluding hydrogens is 233 g/mol. The minimum atomic E-state index is -3.89. The third kappa shape index (κ3) is 3.22. The van der Waals surface area contributed by atoms with E-state index in [1.165, 1.54) is 12.3 Å². The molecule has 3 N–H and O–H groups in total. The molecule has 1 rings (SSSR count). The number of hydrogen-bond donors (Lipinski definition) is 2. The first-order valence-corrected chi connectivity index (χ1v) is 6.26. The molecule has 0 amide bonds. The summed E-state index contributed by atoms with van der Waals surface area (Å²) in [6.45, 7) is 2.30. The summed E-state index contributed by atoms with van der Waals surface area (Å²) in [5.74, 6) is -0.878. The lowest BCUT2D eigenvalue weighted by Crippen LogP contribution is -2.32. The summed E-state index contributed by atoms with van der Waals surface area (Å²) >= 11 is 0. The Balaban J connectivity index is 2.83. The van der Waals surface area contributed by atoms with Crippen LogP contribution < -0.4 is 10.5 Å². The molecule has 0 aromatic carbocycles. The third-order valence-electron chi connectivity index (χ3n) is 2.00. The first kappa shape index (κ1) is 13.0. The van der Waals surface area contributed by atoms with Gasteiger partial charge in [0.25, 0.3) is 10.0 Å². The molecule has 1 atom stereocenters. The normalized spacial score (nSPS) is 13.7. The van der Waals surface area contributed by atoms with Crippen molar-refractivity contribution < 1.29 is 12.8 Å². The summed E-state index contributed by atoms with van der Waals surface area (Å²) in [7, 11) is -3.89. The van der Waals surface area contributed by atoms with Crippen molar-refractivity contribution in [1.82, 2.24) is 9.71 Å². The Morgan fingerprint density at radius 1 is 1.62 bits per heavy atom. The first-order chi connectivity index (χ1) is 7.47. The van der Waals surface area contributed by atoms with E-state index in [2.05, 4.69) is 9.71 Å². The van der Waals surface area contributed by atoms with Crippen LogP contribution in [0.3, 0.4) is 0 Å². The predicted octanol–water partition coefficient (Wildman–Crippen LogP) is 0.0938. The minimum Gasteiger partial charge on any atom is -0.330 e. The smallest absolute Gasteiger partial charge is 0.261 e. The fraction of sp³-hybridized carbons (Fsp3) is 0.444. The molecule has 0 radical (unpaired) electrons. The molecule has 0 aliphatic heterocycles. The molecule has 7 heteroatoms. The largest absolute Gasteiger partial charge is 0.330 e. The molecule has 16 heavy (non-hydrogen) atoms. The van der Waals surface area contributed by atoms with Gasteiger partial charge in [0.1, 0.15) is 0 Å². The minimum absolute atomic E-state index is 0.0125. The lowest BCUT2D eigenvalue weighted by atomic mass is 10.2. The number of nitrogens with two attached hydrogens (primary N) is 1. The molecule has 1 unspecified atom stereocenters. The van der Waals surface area contributed by atoms with Crippen molar-refractivity contribution in [1.29, 1.82) is 0 Å². The zero-order valence-electron chi connectivity index (χ0n) is 8.85. The van der Waals surface area contributed by atoms with Gasteiger partial charge in [0, 0.05) is 12.7 Å². The van der Waals surface area contributed by atoms with Gasteiger partial charge >= 0.3 is 0 Å². The van der Waals surface area contributed by atoms with Gasteiger partial charge in [-0.3, -0.25) is 0 Å². The van der Waals surface area contributed by atoms with Crippen LogP contribution in [0.1, 0.15) is 6.92 Å². The van der Waals surface area contributed by atoms with Crippen molar-refractivity contribution in [2.45, 2.75) is 11.9 Å². The number of pyridine rings is 1. The fourth-order valence-corrected chi connectivity index (χ4v) is 2.14. The van der Waals surface area contributed by atoms with Crippen LogP contribution in [0.5, 0.6) is 0 Å². The third-order valence-corrected chi connectivity index (χ3v) is 3.36. The van der Waals surface area contributed by atoms with Crippen LogP contribution in [0, 0.1) is 11.7 Å². The molecule has 1 aromatic rings. The van der Waals surface area contributed by atoms with Crippen LogP contribution in [0.25, 0.3) is 0 Å². The Morgan fingerprint density at radius 2 is 2.31 bits per heavy atom. The Labute approximate surface area is 93.9 Å². The molecule has 0 saturated heterocycles. The highest BCUT2D eigenvalue weighted by molar-refractivity contribution is 7.89. The Kier molecular flexibility index (Phi) is 4.34. The fourth-order valence-electron chi connectivity index (χ4n) is 0.973. The maximum absolute atomic E-state index is 13.2. The van der Waals surface area contributed by atoms with Crippen LogP contribution in [0.2, 0.25) is 0 Å². The van der Waals surface area contributed by atoms with Crippen molar-refractivity contribution in [3.8, 4) is 0 Å². The average Bonchev–Trinajstić information content (AvgIpc) is 2.26. The van der Waals surface area contributed by atoms with Gasteiger partial charge in [-0.05, 0) is 24.6 Å². The van der Waals surface area contributed by atoms with Crippen LogP contribution in [0.15, 0.2) is 23.4 Å². The number of halogens is 1. The van der Waals surface area contributed by atoms with E-state index in [0.717, 1.165) is 6.07 Å². The van der Waals surface area contributed by atoms with E-state index in [0.29, 0.717) is 6.54 Å². The van der Waals surface area contributed by atoms with Crippen LogP contribution in [-0.2, 0) is 10.0 Å². The molecule has 5 nitrogen and oxygen atoms in total. The molecule has 1 aromatic heterocycles. The van der Waals surface area contributed by atoms with E-state index in [-0.39, 0.29) is 12.5 Å².